The Kier molecular flexibility index (Phi) is 6.95. The highest BCUT2D eigenvalue weighted by Crippen LogP contribution is 2.05. The van der Waals surface area contributed by atoms with Gasteiger partial charge < -0.3 is 9.88 Å². The van der Waals surface area contributed by atoms with Gasteiger partial charge in [-0.05, 0) is 17.7 Å². The molecule has 2 aromatic rings. The minimum absolute atomic E-state index is 0.0128. The van der Waals surface area contributed by atoms with Crippen molar-refractivity contribution in [3.05, 3.63) is 53.9 Å². The van der Waals surface area contributed by atoms with E-state index in [0.29, 0.717) is 13.1 Å². The molecule has 1 aliphatic rings. The molecule has 3 rings (SSSR count). The molecule has 1 aliphatic heterocycles. The van der Waals surface area contributed by atoms with E-state index >= 15 is 0 Å². The summed E-state index contributed by atoms with van der Waals surface area (Å²) in [6.07, 6.45) is 4.86. The van der Waals surface area contributed by atoms with Crippen molar-refractivity contribution in [1.82, 2.24) is 24.7 Å². The summed E-state index contributed by atoms with van der Waals surface area (Å²) < 4.78 is 15.1. The molecule has 0 spiro atoms. The Morgan fingerprint density at radius 1 is 1.11 bits per heavy atom. The molecule has 0 saturated carbocycles. The molecule has 27 heavy (non-hydrogen) atoms. The summed E-state index contributed by atoms with van der Waals surface area (Å²) in [7, 11) is 0. The minimum Gasteiger partial charge on any atom is -0.351 e. The van der Waals surface area contributed by atoms with Crippen molar-refractivity contribution in [3.8, 4) is 0 Å². The van der Waals surface area contributed by atoms with E-state index in [-0.39, 0.29) is 11.7 Å². The molecule has 1 aromatic heterocycles. The van der Waals surface area contributed by atoms with Crippen LogP contribution in [0, 0.1) is 5.82 Å². The minimum atomic E-state index is -0.262. The molecule has 0 aliphatic carbocycles. The molecule has 0 radical (unpaired) electrons. The van der Waals surface area contributed by atoms with Crippen molar-refractivity contribution < 1.29 is 9.18 Å². The molecule has 146 valence electrons. The van der Waals surface area contributed by atoms with Gasteiger partial charge in [0, 0.05) is 64.6 Å². The number of aromatic nitrogens is 2. The van der Waals surface area contributed by atoms with Crippen LogP contribution in [0.5, 0.6) is 0 Å². The van der Waals surface area contributed by atoms with Gasteiger partial charge in [-0.2, -0.15) is 0 Å². The van der Waals surface area contributed by atoms with Crippen LogP contribution in [0.1, 0.15) is 18.3 Å². The lowest BCUT2D eigenvalue weighted by atomic mass is 10.2. The Labute approximate surface area is 160 Å². The average molecular weight is 373 g/mol. The summed E-state index contributed by atoms with van der Waals surface area (Å²) in [4.78, 5) is 21.1. The molecule has 0 atom stereocenters. The van der Waals surface area contributed by atoms with E-state index in [9.17, 15) is 9.18 Å². The molecule has 0 unspecified atom stereocenters. The number of imidazole rings is 1. The van der Waals surface area contributed by atoms with Gasteiger partial charge in [-0.25, -0.2) is 9.37 Å². The average Bonchev–Trinajstić information content (AvgIpc) is 3.15. The van der Waals surface area contributed by atoms with Gasteiger partial charge in [-0.3, -0.25) is 14.6 Å². The third-order valence-electron chi connectivity index (χ3n) is 5.01. The zero-order chi connectivity index (χ0) is 19.1. The Balaban J connectivity index is 1.34. The normalized spacial score (nSPS) is 15.8. The number of carbonyl (C=O) groups excluding carboxylic acids is 1. The second-order valence-electron chi connectivity index (χ2n) is 6.91. The van der Waals surface area contributed by atoms with Crippen LogP contribution in [0.2, 0.25) is 0 Å². The Morgan fingerprint density at radius 3 is 2.52 bits per heavy atom. The molecule has 0 bridgehead atoms. The van der Waals surface area contributed by atoms with Crippen LogP contribution >= 0.6 is 0 Å². The van der Waals surface area contributed by atoms with Crippen molar-refractivity contribution in [1.29, 1.82) is 0 Å². The van der Waals surface area contributed by atoms with Crippen molar-refractivity contribution in [2.24, 2.45) is 0 Å². The number of halogens is 1. The van der Waals surface area contributed by atoms with Crippen LogP contribution in [0.25, 0.3) is 0 Å². The Hall–Kier alpha value is -2.25. The van der Waals surface area contributed by atoms with Crippen LogP contribution in [-0.2, 0) is 24.3 Å². The van der Waals surface area contributed by atoms with Crippen molar-refractivity contribution in [2.45, 2.75) is 26.4 Å². The van der Waals surface area contributed by atoms with Gasteiger partial charge in [0.2, 0.25) is 5.91 Å². The first kappa shape index (κ1) is 19.5. The molecule has 7 heteroatoms. The zero-order valence-electron chi connectivity index (χ0n) is 15.9. The summed E-state index contributed by atoms with van der Waals surface area (Å²) in [5, 5.41) is 2.91. The molecule has 1 saturated heterocycles. The lowest BCUT2D eigenvalue weighted by Gasteiger charge is -2.34. The summed E-state index contributed by atoms with van der Waals surface area (Å²) in [6, 6.07) is 6.21. The van der Waals surface area contributed by atoms with Gasteiger partial charge in [-0.15, -0.1) is 0 Å². The van der Waals surface area contributed by atoms with Gasteiger partial charge in [0.1, 0.15) is 11.6 Å². The molecule has 1 fully saturated rings. The fourth-order valence-corrected chi connectivity index (χ4v) is 3.34. The van der Waals surface area contributed by atoms with E-state index in [4.69, 9.17) is 0 Å². The maximum Gasteiger partial charge on any atom is 0.234 e. The molecular weight excluding hydrogens is 345 g/mol. The van der Waals surface area contributed by atoms with Gasteiger partial charge in [0.15, 0.2) is 0 Å². The first-order chi connectivity index (χ1) is 13.1. The highest BCUT2D eigenvalue weighted by molar-refractivity contribution is 5.78. The van der Waals surface area contributed by atoms with Crippen molar-refractivity contribution in [2.75, 3.05) is 39.3 Å². The summed E-state index contributed by atoms with van der Waals surface area (Å²) in [5.74, 6) is 0.882. The quantitative estimate of drug-likeness (QED) is 0.762. The van der Waals surface area contributed by atoms with Crippen LogP contribution in [0.4, 0.5) is 4.39 Å². The van der Waals surface area contributed by atoms with Crippen molar-refractivity contribution in [3.63, 3.8) is 0 Å². The first-order valence-corrected chi connectivity index (χ1v) is 9.60. The predicted molar refractivity (Wildman–Crippen MR) is 103 cm³/mol. The summed E-state index contributed by atoms with van der Waals surface area (Å²) in [5.41, 5.74) is 0.903. The van der Waals surface area contributed by atoms with Crippen LogP contribution in [-0.4, -0.2) is 64.5 Å². The Morgan fingerprint density at radius 2 is 1.81 bits per heavy atom. The molecule has 2 heterocycles. The number of benzene rings is 1. The first-order valence-electron chi connectivity index (χ1n) is 9.60. The lowest BCUT2D eigenvalue weighted by molar-refractivity contribution is -0.122. The van der Waals surface area contributed by atoms with Gasteiger partial charge in [0.25, 0.3) is 0 Å². The third kappa shape index (κ3) is 5.87. The van der Waals surface area contributed by atoms with Crippen molar-refractivity contribution >= 4 is 5.91 Å². The van der Waals surface area contributed by atoms with E-state index in [2.05, 4.69) is 31.6 Å². The fourth-order valence-electron chi connectivity index (χ4n) is 3.34. The topological polar surface area (TPSA) is 53.4 Å². The van der Waals surface area contributed by atoms with E-state index in [1.807, 2.05) is 12.4 Å². The molecule has 1 N–H and O–H groups in total. The maximum absolute atomic E-state index is 12.9. The molecular formula is C20H28FN5O. The second kappa shape index (κ2) is 9.62. The number of hydrogen-bond donors (Lipinski definition) is 1. The summed E-state index contributed by atoms with van der Waals surface area (Å²) >= 11 is 0. The van der Waals surface area contributed by atoms with Gasteiger partial charge in [-0.1, -0.05) is 19.1 Å². The van der Waals surface area contributed by atoms with E-state index in [0.717, 1.165) is 57.1 Å². The predicted octanol–water partition coefficient (Wildman–Crippen LogP) is 1.52. The number of hydrogen-bond acceptors (Lipinski definition) is 4. The lowest BCUT2D eigenvalue weighted by Crippen LogP contribution is -2.49. The molecule has 1 aromatic carbocycles. The van der Waals surface area contributed by atoms with E-state index in [1.54, 1.807) is 12.1 Å². The zero-order valence-corrected chi connectivity index (χ0v) is 15.9. The molecule has 6 nitrogen and oxygen atoms in total. The van der Waals surface area contributed by atoms with Crippen LogP contribution < -0.4 is 5.32 Å². The van der Waals surface area contributed by atoms with Gasteiger partial charge >= 0.3 is 0 Å². The number of aryl methyl sites for hydroxylation is 1. The fraction of sp³-hybridized carbons (Fsp3) is 0.500. The standard InChI is InChI=1S/C20H28FN5O/c1-2-19-22-7-8-26(19)14-13-24-9-11-25(12-10-24)16-20(27)23-15-17-3-5-18(21)6-4-17/h3-8H,2,9-16H2,1H3,(H,23,27). The third-order valence-corrected chi connectivity index (χ3v) is 5.01. The number of piperazine rings is 1. The van der Waals surface area contributed by atoms with Gasteiger partial charge in [0.05, 0.1) is 6.54 Å². The number of nitrogens with one attached hydrogen (secondary N) is 1. The Bertz CT molecular complexity index is 722. The SMILES string of the molecule is CCc1nccn1CCN1CCN(CC(=O)NCc2ccc(F)cc2)CC1. The van der Waals surface area contributed by atoms with Crippen LogP contribution in [0.3, 0.4) is 0 Å². The number of nitrogens with zero attached hydrogens (tertiary/aromatic N) is 4. The van der Waals surface area contributed by atoms with E-state index in [1.165, 1.54) is 12.1 Å². The molecule has 1 amide bonds. The highest BCUT2D eigenvalue weighted by atomic mass is 19.1. The largest absolute Gasteiger partial charge is 0.351 e. The highest BCUT2D eigenvalue weighted by Gasteiger charge is 2.18. The van der Waals surface area contributed by atoms with E-state index < -0.39 is 0 Å². The maximum atomic E-state index is 12.9. The second-order valence-corrected chi connectivity index (χ2v) is 6.91. The van der Waals surface area contributed by atoms with Crippen LogP contribution in [0.15, 0.2) is 36.7 Å². The smallest absolute Gasteiger partial charge is 0.234 e. The number of carbonyl (C=O) groups is 1. The number of rotatable bonds is 8. The summed E-state index contributed by atoms with van der Waals surface area (Å²) in [6.45, 7) is 8.68. The number of amides is 1. The monoisotopic (exact) mass is 373 g/mol.